The van der Waals surface area contributed by atoms with Crippen LogP contribution in [-0.2, 0) is 6.42 Å². The van der Waals surface area contributed by atoms with E-state index in [1.165, 1.54) is 24.1 Å². The van der Waals surface area contributed by atoms with E-state index < -0.39 is 0 Å². The SMILES string of the molecule is CC(N)Cc1ccc(N2CCC(C)CC2C)c(Cl)c1. The fraction of sp³-hybridized carbons (Fsp3) is 0.625. The number of anilines is 1. The third-order valence-corrected chi connectivity index (χ3v) is 4.32. The molecule has 1 aromatic rings. The quantitative estimate of drug-likeness (QED) is 0.911. The van der Waals surface area contributed by atoms with Gasteiger partial charge in [-0.25, -0.2) is 0 Å². The van der Waals surface area contributed by atoms with Crippen LogP contribution in [0.4, 0.5) is 5.69 Å². The number of hydrogen-bond donors (Lipinski definition) is 1. The molecule has 1 saturated heterocycles. The van der Waals surface area contributed by atoms with E-state index in [1.54, 1.807) is 0 Å². The van der Waals surface area contributed by atoms with E-state index in [1.807, 2.05) is 6.92 Å². The molecular weight excluding hydrogens is 256 g/mol. The van der Waals surface area contributed by atoms with Crippen LogP contribution in [0.5, 0.6) is 0 Å². The van der Waals surface area contributed by atoms with E-state index in [9.17, 15) is 0 Å². The summed E-state index contributed by atoms with van der Waals surface area (Å²) in [5.74, 6) is 0.822. The minimum absolute atomic E-state index is 0.177. The molecule has 3 heteroatoms. The van der Waals surface area contributed by atoms with Crippen LogP contribution in [-0.4, -0.2) is 18.6 Å². The lowest BCUT2D eigenvalue weighted by Crippen LogP contribution is -2.40. The van der Waals surface area contributed by atoms with Gasteiger partial charge in [0.15, 0.2) is 0 Å². The largest absolute Gasteiger partial charge is 0.368 e. The highest BCUT2D eigenvalue weighted by Crippen LogP contribution is 2.33. The van der Waals surface area contributed by atoms with Crippen molar-refractivity contribution in [2.45, 2.75) is 52.1 Å². The molecule has 1 aliphatic rings. The van der Waals surface area contributed by atoms with Crippen molar-refractivity contribution in [3.63, 3.8) is 0 Å². The van der Waals surface area contributed by atoms with Crippen molar-refractivity contribution in [2.75, 3.05) is 11.4 Å². The zero-order valence-corrected chi connectivity index (χ0v) is 13.0. The van der Waals surface area contributed by atoms with E-state index in [2.05, 4.69) is 36.9 Å². The summed E-state index contributed by atoms with van der Waals surface area (Å²) in [6.45, 7) is 7.76. The normalized spacial score (nSPS) is 25.4. The summed E-state index contributed by atoms with van der Waals surface area (Å²) in [5.41, 5.74) is 8.24. The van der Waals surface area contributed by atoms with Crippen molar-refractivity contribution in [2.24, 2.45) is 11.7 Å². The van der Waals surface area contributed by atoms with Gasteiger partial charge >= 0.3 is 0 Å². The lowest BCUT2D eigenvalue weighted by atomic mass is 9.93. The molecule has 19 heavy (non-hydrogen) atoms. The minimum Gasteiger partial charge on any atom is -0.368 e. The second-order valence-corrected chi connectivity index (χ2v) is 6.55. The maximum absolute atomic E-state index is 6.47. The monoisotopic (exact) mass is 280 g/mol. The Kier molecular flexibility index (Phi) is 4.75. The molecule has 106 valence electrons. The number of benzene rings is 1. The van der Waals surface area contributed by atoms with Crippen LogP contribution in [0.3, 0.4) is 0 Å². The standard InChI is InChI=1S/C16H25ClN2/c1-11-6-7-19(13(3)8-11)16-5-4-14(9-12(2)18)10-15(16)17/h4-5,10-13H,6-9,18H2,1-3H3. The molecule has 3 atom stereocenters. The van der Waals surface area contributed by atoms with Crippen LogP contribution in [0.2, 0.25) is 5.02 Å². The number of nitrogens with two attached hydrogens (primary N) is 1. The molecule has 1 aromatic carbocycles. The maximum atomic E-state index is 6.47. The average molecular weight is 281 g/mol. The third-order valence-electron chi connectivity index (χ3n) is 4.02. The zero-order chi connectivity index (χ0) is 14.0. The Balaban J connectivity index is 2.16. The molecule has 2 rings (SSSR count). The van der Waals surface area contributed by atoms with Crippen molar-refractivity contribution < 1.29 is 0 Å². The van der Waals surface area contributed by atoms with Gasteiger partial charge in [0.05, 0.1) is 10.7 Å². The number of hydrogen-bond acceptors (Lipinski definition) is 2. The first-order valence-corrected chi connectivity index (χ1v) is 7.65. The van der Waals surface area contributed by atoms with Gasteiger partial charge < -0.3 is 10.6 Å². The summed E-state index contributed by atoms with van der Waals surface area (Å²) in [6.07, 6.45) is 3.38. The molecule has 0 amide bonds. The van der Waals surface area contributed by atoms with Gasteiger partial charge in [0, 0.05) is 18.6 Å². The number of piperidine rings is 1. The Hall–Kier alpha value is -0.730. The molecule has 2 nitrogen and oxygen atoms in total. The van der Waals surface area contributed by atoms with Gasteiger partial charge in [-0.05, 0) is 56.7 Å². The molecule has 1 fully saturated rings. The Labute approximate surface area is 121 Å². The molecule has 0 bridgehead atoms. The summed E-state index contributed by atoms with van der Waals surface area (Å²) in [7, 11) is 0. The van der Waals surface area contributed by atoms with Gasteiger partial charge in [-0.3, -0.25) is 0 Å². The topological polar surface area (TPSA) is 29.3 Å². The molecule has 1 aliphatic heterocycles. The lowest BCUT2D eigenvalue weighted by Gasteiger charge is -2.38. The fourth-order valence-corrected chi connectivity index (χ4v) is 3.36. The number of nitrogens with zero attached hydrogens (tertiary/aromatic N) is 1. The van der Waals surface area contributed by atoms with Crippen molar-refractivity contribution >= 4 is 17.3 Å². The second kappa shape index (κ2) is 6.15. The van der Waals surface area contributed by atoms with E-state index in [-0.39, 0.29) is 6.04 Å². The summed E-state index contributed by atoms with van der Waals surface area (Å²) in [5, 5.41) is 0.861. The first-order valence-electron chi connectivity index (χ1n) is 7.28. The van der Waals surface area contributed by atoms with Crippen molar-refractivity contribution in [3.05, 3.63) is 28.8 Å². The molecule has 3 unspecified atom stereocenters. The molecule has 0 radical (unpaired) electrons. The molecule has 0 aliphatic carbocycles. The van der Waals surface area contributed by atoms with Gasteiger partial charge in [0.1, 0.15) is 0 Å². The van der Waals surface area contributed by atoms with Crippen LogP contribution in [0.1, 0.15) is 39.2 Å². The summed E-state index contributed by atoms with van der Waals surface area (Å²) in [4.78, 5) is 2.44. The van der Waals surface area contributed by atoms with Crippen molar-refractivity contribution in [1.29, 1.82) is 0 Å². The van der Waals surface area contributed by atoms with Gasteiger partial charge in [0.25, 0.3) is 0 Å². The van der Waals surface area contributed by atoms with Crippen LogP contribution in [0.25, 0.3) is 0 Å². The predicted octanol–water partition coefficient (Wildman–Crippen LogP) is 3.85. The van der Waals surface area contributed by atoms with Gasteiger partial charge in [0.2, 0.25) is 0 Å². The zero-order valence-electron chi connectivity index (χ0n) is 12.2. The molecule has 0 spiro atoms. The molecule has 2 N–H and O–H groups in total. The van der Waals surface area contributed by atoms with Crippen LogP contribution in [0, 0.1) is 5.92 Å². The molecule has 0 saturated carbocycles. The van der Waals surface area contributed by atoms with Crippen LogP contribution >= 0.6 is 11.6 Å². The highest BCUT2D eigenvalue weighted by Gasteiger charge is 2.24. The number of halogens is 1. The maximum Gasteiger partial charge on any atom is 0.0642 e. The van der Waals surface area contributed by atoms with Gasteiger partial charge in [-0.1, -0.05) is 24.6 Å². The van der Waals surface area contributed by atoms with Crippen molar-refractivity contribution in [1.82, 2.24) is 0 Å². The highest BCUT2D eigenvalue weighted by atomic mass is 35.5. The first kappa shape index (κ1) is 14.7. The van der Waals surface area contributed by atoms with E-state index >= 15 is 0 Å². The van der Waals surface area contributed by atoms with Crippen molar-refractivity contribution in [3.8, 4) is 0 Å². The smallest absolute Gasteiger partial charge is 0.0642 e. The second-order valence-electron chi connectivity index (χ2n) is 6.14. The Bertz CT molecular complexity index is 431. The first-order chi connectivity index (χ1) is 8.97. The minimum atomic E-state index is 0.177. The Morgan fingerprint density at radius 3 is 2.74 bits per heavy atom. The van der Waals surface area contributed by atoms with E-state index in [4.69, 9.17) is 17.3 Å². The highest BCUT2D eigenvalue weighted by molar-refractivity contribution is 6.33. The average Bonchev–Trinajstić information content (AvgIpc) is 2.30. The van der Waals surface area contributed by atoms with E-state index in [0.717, 1.165) is 23.9 Å². The molecular formula is C16H25ClN2. The summed E-state index contributed by atoms with van der Waals surface area (Å²) in [6, 6.07) is 7.14. The summed E-state index contributed by atoms with van der Waals surface area (Å²) >= 11 is 6.47. The predicted molar refractivity (Wildman–Crippen MR) is 84.0 cm³/mol. The molecule has 0 aromatic heterocycles. The lowest BCUT2D eigenvalue weighted by molar-refractivity contribution is 0.378. The Morgan fingerprint density at radius 1 is 1.42 bits per heavy atom. The fourth-order valence-electron chi connectivity index (χ4n) is 3.05. The number of rotatable bonds is 3. The summed E-state index contributed by atoms with van der Waals surface area (Å²) < 4.78 is 0. The van der Waals surface area contributed by atoms with Gasteiger partial charge in [-0.2, -0.15) is 0 Å². The Morgan fingerprint density at radius 2 is 2.16 bits per heavy atom. The van der Waals surface area contributed by atoms with Crippen LogP contribution in [0.15, 0.2) is 18.2 Å². The van der Waals surface area contributed by atoms with Crippen LogP contribution < -0.4 is 10.6 Å². The van der Waals surface area contributed by atoms with Gasteiger partial charge in [-0.15, -0.1) is 0 Å². The third kappa shape index (κ3) is 3.64. The van der Waals surface area contributed by atoms with E-state index in [0.29, 0.717) is 6.04 Å². The molecule has 1 heterocycles.